The molecule has 0 saturated carbocycles. The highest BCUT2D eigenvalue weighted by Gasteiger charge is 2.29. The van der Waals surface area contributed by atoms with E-state index in [1.54, 1.807) is 6.92 Å². The Hall–Kier alpha value is 0.1000. The SMILES string of the molecule is CCC(=O)OCCCCCCCCCC(C)(Br)CP(=O)(O)O. The Morgan fingerprint density at radius 3 is 2.09 bits per heavy atom. The molecular weight excluding hydrogens is 371 g/mol. The summed E-state index contributed by atoms with van der Waals surface area (Å²) >= 11 is 3.41. The van der Waals surface area contributed by atoms with Gasteiger partial charge in [-0.25, -0.2) is 0 Å². The van der Waals surface area contributed by atoms with Crippen molar-refractivity contribution < 1.29 is 23.9 Å². The van der Waals surface area contributed by atoms with E-state index in [2.05, 4.69) is 15.9 Å². The second kappa shape index (κ2) is 11.6. The van der Waals surface area contributed by atoms with Crippen molar-refractivity contribution >= 4 is 29.5 Å². The molecule has 0 bridgehead atoms. The average Bonchev–Trinajstić information content (AvgIpc) is 2.37. The monoisotopic (exact) mass is 400 g/mol. The van der Waals surface area contributed by atoms with Crippen molar-refractivity contribution in [1.82, 2.24) is 0 Å². The molecule has 5 nitrogen and oxygen atoms in total. The van der Waals surface area contributed by atoms with Gasteiger partial charge in [0.1, 0.15) is 0 Å². The molecule has 0 aliphatic rings. The van der Waals surface area contributed by atoms with Crippen LogP contribution in [0.1, 0.15) is 71.6 Å². The summed E-state index contributed by atoms with van der Waals surface area (Å²) in [6, 6.07) is 0. The number of rotatable bonds is 13. The molecule has 0 radical (unpaired) electrons. The smallest absolute Gasteiger partial charge is 0.326 e. The molecule has 0 spiro atoms. The summed E-state index contributed by atoms with van der Waals surface area (Å²) in [5.74, 6) is -0.131. The molecule has 0 aliphatic heterocycles. The van der Waals surface area contributed by atoms with E-state index in [4.69, 9.17) is 14.5 Å². The molecule has 0 rings (SSSR count). The minimum atomic E-state index is -3.96. The van der Waals surface area contributed by atoms with Gasteiger partial charge in [0.25, 0.3) is 0 Å². The maximum Gasteiger partial charge on any atom is 0.326 e. The van der Waals surface area contributed by atoms with E-state index in [9.17, 15) is 9.36 Å². The van der Waals surface area contributed by atoms with Crippen molar-refractivity contribution in [3.05, 3.63) is 0 Å². The van der Waals surface area contributed by atoms with Crippen LogP contribution in [0, 0.1) is 0 Å². The van der Waals surface area contributed by atoms with E-state index in [1.165, 1.54) is 0 Å². The van der Waals surface area contributed by atoms with Crippen LogP contribution in [0.25, 0.3) is 0 Å². The number of unbranched alkanes of at least 4 members (excludes halogenated alkanes) is 6. The fourth-order valence-corrected chi connectivity index (χ4v) is 4.55. The van der Waals surface area contributed by atoms with Crippen molar-refractivity contribution in [3.63, 3.8) is 0 Å². The first-order chi connectivity index (χ1) is 10.2. The van der Waals surface area contributed by atoms with E-state index < -0.39 is 11.9 Å². The van der Waals surface area contributed by atoms with Crippen LogP contribution in [0.5, 0.6) is 0 Å². The highest BCUT2D eigenvalue weighted by Crippen LogP contribution is 2.43. The molecule has 0 aliphatic carbocycles. The predicted octanol–water partition coefficient (Wildman–Crippen LogP) is 4.39. The highest BCUT2D eigenvalue weighted by atomic mass is 79.9. The number of halogens is 1. The Kier molecular flexibility index (Phi) is 11.7. The predicted molar refractivity (Wildman–Crippen MR) is 92.4 cm³/mol. The topological polar surface area (TPSA) is 83.8 Å². The third-order valence-electron chi connectivity index (χ3n) is 3.43. The van der Waals surface area contributed by atoms with Gasteiger partial charge in [0.05, 0.1) is 12.8 Å². The van der Waals surface area contributed by atoms with Crippen LogP contribution in [-0.2, 0) is 14.1 Å². The minimum absolute atomic E-state index is 0.115. The van der Waals surface area contributed by atoms with Gasteiger partial charge in [-0.2, -0.15) is 0 Å². The number of alkyl halides is 1. The molecule has 22 heavy (non-hydrogen) atoms. The van der Waals surface area contributed by atoms with Crippen molar-refractivity contribution in [2.75, 3.05) is 12.8 Å². The third kappa shape index (κ3) is 15.0. The number of hydrogen-bond donors (Lipinski definition) is 2. The lowest BCUT2D eigenvalue weighted by atomic mass is 10.0. The van der Waals surface area contributed by atoms with Gasteiger partial charge in [-0.1, -0.05) is 61.4 Å². The lowest BCUT2D eigenvalue weighted by Crippen LogP contribution is -2.21. The van der Waals surface area contributed by atoms with Gasteiger partial charge < -0.3 is 14.5 Å². The first-order valence-electron chi connectivity index (χ1n) is 8.05. The van der Waals surface area contributed by atoms with E-state index in [0.29, 0.717) is 13.0 Å². The van der Waals surface area contributed by atoms with E-state index in [0.717, 1.165) is 51.4 Å². The largest absolute Gasteiger partial charge is 0.466 e. The molecule has 132 valence electrons. The summed E-state index contributed by atoms with van der Waals surface area (Å²) in [6.45, 7) is 4.15. The molecule has 1 unspecified atom stereocenters. The van der Waals surface area contributed by atoms with Crippen molar-refractivity contribution in [2.24, 2.45) is 0 Å². The molecule has 0 fully saturated rings. The standard InChI is InChI=1S/C15H30BrO5P/c1-3-14(17)21-12-10-8-6-4-5-7-9-11-15(2,16)13-22(18,19)20/h3-13H2,1-2H3,(H2,18,19,20). The van der Waals surface area contributed by atoms with Crippen LogP contribution in [0.2, 0.25) is 0 Å². The van der Waals surface area contributed by atoms with Crippen LogP contribution in [-0.4, -0.2) is 32.8 Å². The second-order valence-electron chi connectivity index (χ2n) is 6.04. The summed E-state index contributed by atoms with van der Waals surface area (Å²) in [5, 5.41) is 0. The van der Waals surface area contributed by atoms with Gasteiger partial charge in [-0.3, -0.25) is 9.36 Å². The summed E-state index contributed by atoms with van der Waals surface area (Å²) in [6.07, 6.45) is 8.56. The minimum Gasteiger partial charge on any atom is -0.466 e. The maximum atomic E-state index is 11.0. The summed E-state index contributed by atoms with van der Waals surface area (Å²) < 4.78 is 15.5. The van der Waals surface area contributed by atoms with Crippen LogP contribution in [0.3, 0.4) is 0 Å². The normalized spacial score (nSPS) is 14.6. The summed E-state index contributed by atoms with van der Waals surface area (Å²) in [5.41, 5.74) is 0. The maximum absolute atomic E-state index is 11.0. The van der Waals surface area contributed by atoms with E-state index >= 15 is 0 Å². The summed E-state index contributed by atoms with van der Waals surface area (Å²) in [4.78, 5) is 28.9. The van der Waals surface area contributed by atoms with Gasteiger partial charge in [0, 0.05) is 10.7 Å². The highest BCUT2D eigenvalue weighted by molar-refractivity contribution is 9.10. The molecule has 0 aromatic carbocycles. The van der Waals surface area contributed by atoms with Crippen molar-refractivity contribution in [3.8, 4) is 0 Å². The lowest BCUT2D eigenvalue weighted by Gasteiger charge is -2.22. The number of hydrogen-bond acceptors (Lipinski definition) is 3. The fraction of sp³-hybridized carbons (Fsp3) is 0.933. The van der Waals surface area contributed by atoms with Gasteiger partial charge in [-0.15, -0.1) is 0 Å². The molecule has 0 heterocycles. The number of ether oxygens (including phenoxy) is 1. The first kappa shape index (κ1) is 22.1. The Balaban J connectivity index is 3.43. The van der Waals surface area contributed by atoms with Crippen LogP contribution < -0.4 is 0 Å². The molecular formula is C15H30BrO5P. The molecule has 1 atom stereocenters. The Morgan fingerprint density at radius 2 is 1.59 bits per heavy atom. The van der Waals surface area contributed by atoms with Crippen LogP contribution >= 0.6 is 23.5 Å². The van der Waals surface area contributed by atoms with Crippen molar-refractivity contribution in [2.45, 2.75) is 76.0 Å². The lowest BCUT2D eigenvalue weighted by molar-refractivity contribution is -0.143. The van der Waals surface area contributed by atoms with E-state index in [1.807, 2.05) is 6.92 Å². The van der Waals surface area contributed by atoms with Gasteiger partial charge in [-0.05, 0) is 19.8 Å². The number of carbonyl (C=O) groups excluding carboxylic acids is 1. The van der Waals surface area contributed by atoms with Gasteiger partial charge in [0.2, 0.25) is 0 Å². The summed E-state index contributed by atoms with van der Waals surface area (Å²) in [7, 11) is -3.96. The molecule has 7 heteroatoms. The van der Waals surface area contributed by atoms with Crippen LogP contribution in [0.15, 0.2) is 0 Å². The molecule has 0 amide bonds. The molecule has 2 N–H and O–H groups in total. The zero-order valence-corrected chi connectivity index (χ0v) is 16.2. The van der Waals surface area contributed by atoms with E-state index in [-0.39, 0.29) is 12.1 Å². The van der Waals surface area contributed by atoms with Crippen molar-refractivity contribution in [1.29, 1.82) is 0 Å². The average molecular weight is 401 g/mol. The Labute approximate surface area is 142 Å². The molecule has 0 aromatic heterocycles. The van der Waals surface area contributed by atoms with Gasteiger partial charge >= 0.3 is 13.6 Å². The van der Waals surface area contributed by atoms with Gasteiger partial charge in [0.15, 0.2) is 0 Å². The Bertz CT molecular complexity index is 354. The number of esters is 1. The zero-order chi connectivity index (χ0) is 17.1. The molecule has 0 saturated heterocycles. The molecule has 0 aromatic rings. The second-order valence-corrected chi connectivity index (χ2v) is 9.60. The zero-order valence-electron chi connectivity index (χ0n) is 13.7. The number of carbonyl (C=O) groups is 1. The quantitative estimate of drug-likeness (QED) is 0.207. The first-order valence-corrected chi connectivity index (χ1v) is 10.6. The third-order valence-corrected chi connectivity index (χ3v) is 5.65. The van der Waals surface area contributed by atoms with Crippen LogP contribution in [0.4, 0.5) is 0 Å². The Morgan fingerprint density at radius 1 is 1.09 bits per heavy atom. The fourth-order valence-electron chi connectivity index (χ4n) is 2.28.